The van der Waals surface area contributed by atoms with Crippen LogP contribution in [0.3, 0.4) is 0 Å². The molecule has 0 radical (unpaired) electrons. The fourth-order valence-electron chi connectivity index (χ4n) is 2.33. The van der Waals surface area contributed by atoms with Gasteiger partial charge >= 0.3 is 5.97 Å². The Bertz CT molecular complexity index is 849. The van der Waals surface area contributed by atoms with Gasteiger partial charge in [-0.05, 0) is 26.8 Å². The van der Waals surface area contributed by atoms with Gasteiger partial charge in [0.05, 0.1) is 5.02 Å². The van der Waals surface area contributed by atoms with E-state index < -0.39 is 24.5 Å². The van der Waals surface area contributed by atoms with Crippen molar-refractivity contribution in [3.8, 4) is 11.3 Å². The average molecular weight is 394 g/mol. The van der Waals surface area contributed by atoms with Gasteiger partial charge in [0.2, 0.25) is 5.91 Å². The Balaban J connectivity index is 2.05. The van der Waals surface area contributed by atoms with Gasteiger partial charge in [-0.3, -0.25) is 9.59 Å². The third-order valence-electron chi connectivity index (χ3n) is 3.65. The molecule has 0 saturated heterocycles. The maximum Gasteiger partial charge on any atom is 0.344 e. The number of nitrogens with zero attached hydrogens (tertiary/aromatic N) is 1. The molecule has 27 heavy (non-hydrogen) atoms. The molecule has 0 saturated carbocycles. The van der Waals surface area contributed by atoms with E-state index in [0.717, 1.165) is 0 Å². The van der Waals surface area contributed by atoms with Gasteiger partial charge in [0.15, 0.2) is 6.61 Å². The number of aromatic nitrogens is 1. The van der Waals surface area contributed by atoms with Crippen LogP contribution in [0.15, 0.2) is 28.8 Å². The molecule has 0 aliphatic heterocycles. The van der Waals surface area contributed by atoms with Crippen LogP contribution in [0.25, 0.3) is 11.3 Å². The number of likely N-dealkylation sites (N-methyl/N-ethyl adjacent to an activating group) is 1. The second kappa shape index (κ2) is 9.18. The van der Waals surface area contributed by atoms with Gasteiger partial charge in [-0.15, -0.1) is 0 Å². The summed E-state index contributed by atoms with van der Waals surface area (Å²) in [6, 6.07) is 6.10. The summed E-state index contributed by atoms with van der Waals surface area (Å²) < 4.78 is 10.1. The number of nitrogens with one attached hydrogen (secondary N) is 2. The number of carbonyl (C=O) groups excluding carboxylic acids is 3. The highest BCUT2D eigenvalue weighted by atomic mass is 35.5. The van der Waals surface area contributed by atoms with Crippen molar-refractivity contribution < 1.29 is 23.6 Å². The Hall–Kier alpha value is -2.87. The molecule has 0 fully saturated rings. The van der Waals surface area contributed by atoms with Gasteiger partial charge in [-0.2, -0.15) is 0 Å². The van der Waals surface area contributed by atoms with Crippen LogP contribution in [-0.4, -0.2) is 42.1 Å². The first-order valence-electron chi connectivity index (χ1n) is 8.30. The molecule has 144 valence electrons. The molecule has 0 bridgehead atoms. The maximum absolute atomic E-state index is 12.4. The average Bonchev–Trinajstić information content (AvgIpc) is 3.01. The fourth-order valence-corrected chi connectivity index (χ4v) is 2.55. The quantitative estimate of drug-likeness (QED) is 0.697. The van der Waals surface area contributed by atoms with Crippen LogP contribution in [0.4, 0.5) is 0 Å². The third-order valence-corrected chi connectivity index (χ3v) is 3.98. The summed E-state index contributed by atoms with van der Waals surface area (Å²) in [5, 5.41) is 9.30. The highest BCUT2D eigenvalue weighted by Crippen LogP contribution is 2.31. The van der Waals surface area contributed by atoms with E-state index in [1.807, 2.05) is 0 Å². The highest BCUT2D eigenvalue weighted by Gasteiger charge is 2.25. The fraction of sp³-hybridized carbons (Fsp3) is 0.333. The van der Waals surface area contributed by atoms with E-state index in [9.17, 15) is 14.4 Å². The minimum absolute atomic E-state index is 0.0904. The lowest BCUT2D eigenvalue weighted by Gasteiger charge is -2.13. The Morgan fingerprint density at radius 2 is 2.00 bits per heavy atom. The lowest BCUT2D eigenvalue weighted by atomic mass is 10.1. The van der Waals surface area contributed by atoms with Crippen LogP contribution in [0.5, 0.6) is 0 Å². The SMILES string of the molecule is CCNC(=O)[C@@H](C)NC(=O)COC(=O)c1c(-c2ccccc2Cl)noc1C. The van der Waals surface area contributed by atoms with Crippen LogP contribution >= 0.6 is 11.6 Å². The number of ether oxygens (including phenoxy) is 1. The Kier molecular flexibility index (Phi) is 6.95. The van der Waals surface area contributed by atoms with Crippen molar-refractivity contribution >= 4 is 29.4 Å². The molecule has 2 rings (SSSR count). The molecule has 1 aromatic heterocycles. The maximum atomic E-state index is 12.4. The molecule has 0 unspecified atom stereocenters. The monoisotopic (exact) mass is 393 g/mol. The highest BCUT2D eigenvalue weighted by molar-refractivity contribution is 6.33. The minimum Gasteiger partial charge on any atom is -0.452 e. The van der Waals surface area contributed by atoms with Gasteiger partial charge in [0.25, 0.3) is 5.91 Å². The van der Waals surface area contributed by atoms with Gasteiger partial charge in [-0.25, -0.2) is 4.79 Å². The van der Waals surface area contributed by atoms with E-state index in [4.69, 9.17) is 20.9 Å². The van der Waals surface area contributed by atoms with Crippen LogP contribution in [-0.2, 0) is 14.3 Å². The zero-order valence-corrected chi connectivity index (χ0v) is 15.9. The molecule has 8 nitrogen and oxygen atoms in total. The van der Waals surface area contributed by atoms with Crippen molar-refractivity contribution in [3.05, 3.63) is 40.6 Å². The van der Waals surface area contributed by atoms with Crippen LogP contribution in [0.2, 0.25) is 5.02 Å². The van der Waals surface area contributed by atoms with E-state index in [0.29, 0.717) is 17.1 Å². The van der Waals surface area contributed by atoms with E-state index in [-0.39, 0.29) is 22.9 Å². The molecule has 2 aromatic rings. The van der Waals surface area contributed by atoms with Crippen molar-refractivity contribution in [2.45, 2.75) is 26.8 Å². The van der Waals surface area contributed by atoms with E-state index >= 15 is 0 Å². The Morgan fingerprint density at radius 3 is 2.67 bits per heavy atom. The van der Waals surface area contributed by atoms with Gasteiger partial charge in [-0.1, -0.05) is 35.0 Å². The van der Waals surface area contributed by atoms with Crippen LogP contribution in [0.1, 0.15) is 30.0 Å². The van der Waals surface area contributed by atoms with Gasteiger partial charge in [0.1, 0.15) is 23.1 Å². The first-order chi connectivity index (χ1) is 12.8. The number of esters is 1. The standard InChI is InChI=1S/C18H20ClN3O5/c1-4-20-17(24)10(2)21-14(23)9-26-18(25)15-11(3)27-22-16(15)12-7-5-6-8-13(12)19/h5-8,10H,4,9H2,1-3H3,(H,20,24)(H,21,23)/t10-/m1/s1. The van der Waals surface area contributed by atoms with Crippen molar-refractivity contribution in [2.24, 2.45) is 0 Å². The number of rotatable bonds is 7. The van der Waals surface area contributed by atoms with Crippen LogP contribution in [0, 0.1) is 6.92 Å². The molecule has 1 aromatic carbocycles. The van der Waals surface area contributed by atoms with Gasteiger partial charge < -0.3 is 19.9 Å². The summed E-state index contributed by atoms with van der Waals surface area (Å²) in [5.74, 6) is -1.46. The third kappa shape index (κ3) is 5.07. The Labute approximate surface area is 161 Å². The number of aryl methyl sites for hydroxylation is 1. The topological polar surface area (TPSA) is 111 Å². The summed E-state index contributed by atoms with van der Waals surface area (Å²) in [4.78, 5) is 36.0. The number of halogens is 1. The molecule has 2 amide bonds. The summed E-state index contributed by atoms with van der Waals surface area (Å²) in [6.45, 7) is 4.76. The summed E-state index contributed by atoms with van der Waals surface area (Å²) in [7, 11) is 0. The largest absolute Gasteiger partial charge is 0.452 e. The first-order valence-corrected chi connectivity index (χ1v) is 8.68. The molecule has 0 aliphatic rings. The zero-order valence-electron chi connectivity index (χ0n) is 15.2. The summed E-state index contributed by atoms with van der Waals surface area (Å²) in [6.07, 6.45) is 0. The molecule has 1 heterocycles. The van der Waals surface area contributed by atoms with E-state index in [2.05, 4.69) is 15.8 Å². The molecular weight excluding hydrogens is 374 g/mol. The second-order valence-electron chi connectivity index (χ2n) is 5.70. The molecule has 9 heteroatoms. The van der Waals surface area contributed by atoms with Crippen LogP contribution < -0.4 is 10.6 Å². The Morgan fingerprint density at radius 1 is 1.30 bits per heavy atom. The lowest BCUT2D eigenvalue weighted by Crippen LogP contribution is -2.46. The first kappa shape index (κ1) is 20.4. The number of benzene rings is 1. The number of hydrogen-bond donors (Lipinski definition) is 2. The molecule has 0 aliphatic carbocycles. The van der Waals surface area contributed by atoms with Crippen molar-refractivity contribution in [2.75, 3.05) is 13.2 Å². The molecular formula is C18H20ClN3O5. The number of carbonyl (C=O) groups is 3. The molecule has 0 spiro atoms. The second-order valence-corrected chi connectivity index (χ2v) is 6.11. The minimum atomic E-state index is -0.774. The van der Waals surface area contributed by atoms with E-state index in [1.54, 1.807) is 38.1 Å². The predicted molar refractivity (Wildman–Crippen MR) is 98.3 cm³/mol. The van der Waals surface area contributed by atoms with Crippen molar-refractivity contribution in [1.82, 2.24) is 15.8 Å². The molecule has 2 N–H and O–H groups in total. The predicted octanol–water partition coefficient (Wildman–Crippen LogP) is 2.10. The zero-order chi connectivity index (χ0) is 20.0. The normalized spacial score (nSPS) is 11.6. The number of amides is 2. The summed E-state index contributed by atoms with van der Waals surface area (Å²) >= 11 is 6.15. The molecule has 1 atom stereocenters. The lowest BCUT2D eigenvalue weighted by molar-refractivity contribution is -0.130. The smallest absolute Gasteiger partial charge is 0.344 e. The van der Waals surface area contributed by atoms with Crippen molar-refractivity contribution in [1.29, 1.82) is 0 Å². The summed E-state index contributed by atoms with van der Waals surface area (Å²) in [5.41, 5.74) is 0.837. The van der Waals surface area contributed by atoms with E-state index in [1.165, 1.54) is 6.92 Å². The number of hydrogen-bond acceptors (Lipinski definition) is 6. The van der Waals surface area contributed by atoms with Crippen molar-refractivity contribution in [3.63, 3.8) is 0 Å². The van der Waals surface area contributed by atoms with Gasteiger partial charge in [0, 0.05) is 12.1 Å².